The number of anilines is 2. The molecule has 0 aliphatic carbocycles. The predicted molar refractivity (Wildman–Crippen MR) is 73.6 cm³/mol. The molecule has 1 heterocycles. The van der Waals surface area contributed by atoms with Crippen LogP contribution in [0.2, 0.25) is 0 Å². The number of rotatable bonds is 3. The molecule has 19 heavy (non-hydrogen) atoms. The zero-order chi connectivity index (χ0) is 14.0. The summed E-state index contributed by atoms with van der Waals surface area (Å²) in [6.45, 7) is 4.97. The summed E-state index contributed by atoms with van der Waals surface area (Å²) in [6.07, 6.45) is 0.451. The molecule has 1 aliphatic rings. The third-order valence-electron chi connectivity index (χ3n) is 3.43. The minimum Gasteiger partial charge on any atom is -0.481 e. The molecule has 102 valence electrons. The Balaban J connectivity index is 2.35. The third-order valence-corrected chi connectivity index (χ3v) is 3.43. The van der Waals surface area contributed by atoms with Gasteiger partial charge in [0.1, 0.15) is 0 Å². The van der Waals surface area contributed by atoms with Crippen molar-refractivity contribution in [3.05, 3.63) is 23.3 Å². The summed E-state index contributed by atoms with van der Waals surface area (Å²) in [7, 11) is 0. The van der Waals surface area contributed by atoms with Gasteiger partial charge in [-0.05, 0) is 37.1 Å². The van der Waals surface area contributed by atoms with Crippen molar-refractivity contribution in [1.29, 1.82) is 0 Å². The Morgan fingerprint density at radius 2 is 2.05 bits per heavy atom. The van der Waals surface area contributed by atoms with E-state index in [9.17, 15) is 9.59 Å². The van der Waals surface area contributed by atoms with E-state index in [1.165, 1.54) is 0 Å². The number of fused-ring (bicyclic) bond motifs is 1. The van der Waals surface area contributed by atoms with Crippen molar-refractivity contribution in [3.63, 3.8) is 0 Å². The maximum atomic E-state index is 11.7. The summed E-state index contributed by atoms with van der Waals surface area (Å²) >= 11 is 0. The summed E-state index contributed by atoms with van der Waals surface area (Å²) in [6, 6.07) is 3.96. The van der Waals surface area contributed by atoms with Gasteiger partial charge < -0.3 is 15.3 Å². The van der Waals surface area contributed by atoms with Gasteiger partial charge in [-0.15, -0.1) is 0 Å². The van der Waals surface area contributed by atoms with Gasteiger partial charge in [-0.25, -0.2) is 0 Å². The lowest BCUT2D eigenvalue weighted by molar-refractivity contribution is -0.136. The monoisotopic (exact) mass is 262 g/mol. The van der Waals surface area contributed by atoms with Crippen LogP contribution in [-0.2, 0) is 9.59 Å². The molecule has 1 aromatic rings. The molecule has 0 saturated carbocycles. The second-order valence-corrected chi connectivity index (χ2v) is 4.88. The van der Waals surface area contributed by atoms with Gasteiger partial charge >= 0.3 is 5.97 Å². The van der Waals surface area contributed by atoms with Crippen molar-refractivity contribution in [1.82, 2.24) is 0 Å². The van der Waals surface area contributed by atoms with Gasteiger partial charge in [0.05, 0.1) is 17.8 Å². The zero-order valence-corrected chi connectivity index (χ0v) is 11.2. The lowest BCUT2D eigenvalue weighted by atomic mass is 10.1. The maximum absolute atomic E-state index is 11.7. The maximum Gasteiger partial charge on any atom is 0.305 e. The predicted octanol–water partition coefficient (Wildman–Crippen LogP) is 1.93. The van der Waals surface area contributed by atoms with Crippen LogP contribution in [0.3, 0.4) is 0 Å². The van der Waals surface area contributed by atoms with Crippen LogP contribution in [0.4, 0.5) is 11.4 Å². The molecule has 0 radical (unpaired) electrons. The molecule has 0 saturated heterocycles. The topological polar surface area (TPSA) is 69.6 Å². The Labute approximate surface area is 112 Å². The Hall–Kier alpha value is -2.04. The van der Waals surface area contributed by atoms with E-state index in [-0.39, 0.29) is 12.3 Å². The van der Waals surface area contributed by atoms with Gasteiger partial charge in [-0.1, -0.05) is 0 Å². The Morgan fingerprint density at radius 1 is 1.37 bits per heavy atom. The number of benzene rings is 1. The number of nitrogens with zero attached hydrogens (tertiary/aromatic N) is 1. The highest BCUT2D eigenvalue weighted by atomic mass is 16.4. The molecule has 0 atom stereocenters. The summed E-state index contributed by atoms with van der Waals surface area (Å²) in [4.78, 5) is 24.4. The van der Waals surface area contributed by atoms with Crippen molar-refractivity contribution in [2.45, 2.75) is 26.7 Å². The summed E-state index contributed by atoms with van der Waals surface area (Å²) in [5.41, 5.74) is 3.93. The first-order valence-corrected chi connectivity index (χ1v) is 6.35. The van der Waals surface area contributed by atoms with Crippen LogP contribution in [0.15, 0.2) is 12.1 Å². The molecule has 0 unspecified atom stereocenters. The van der Waals surface area contributed by atoms with Crippen molar-refractivity contribution in [2.75, 3.05) is 23.3 Å². The van der Waals surface area contributed by atoms with Gasteiger partial charge in [-0.3, -0.25) is 9.59 Å². The molecule has 1 aliphatic heterocycles. The number of aliphatic carboxylic acids is 1. The number of hydrogen-bond acceptors (Lipinski definition) is 3. The highest BCUT2D eigenvalue weighted by molar-refractivity contribution is 5.96. The van der Waals surface area contributed by atoms with E-state index in [0.717, 1.165) is 22.5 Å². The van der Waals surface area contributed by atoms with Crippen LogP contribution in [0.25, 0.3) is 0 Å². The second-order valence-electron chi connectivity index (χ2n) is 4.88. The minimum atomic E-state index is -0.825. The van der Waals surface area contributed by atoms with E-state index in [2.05, 4.69) is 5.32 Å². The van der Waals surface area contributed by atoms with Crippen LogP contribution in [-0.4, -0.2) is 30.1 Å². The van der Waals surface area contributed by atoms with E-state index >= 15 is 0 Å². The number of aryl methyl sites for hydroxylation is 2. The number of amides is 1. The number of carbonyl (C=O) groups excluding carboxylic acids is 1. The summed E-state index contributed by atoms with van der Waals surface area (Å²) < 4.78 is 0. The fraction of sp³-hybridized carbons (Fsp3) is 0.429. The largest absolute Gasteiger partial charge is 0.481 e. The first-order chi connectivity index (χ1) is 8.97. The molecule has 2 rings (SSSR count). The Bertz CT molecular complexity index is 526. The Kier molecular flexibility index (Phi) is 3.74. The molecular formula is C14H18N2O3. The number of nitrogens with one attached hydrogen (secondary N) is 1. The fourth-order valence-electron chi connectivity index (χ4n) is 2.20. The molecule has 0 fully saturated rings. The molecule has 0 bridgehead atoms. The second kappa shape index (κ2) is 5.30. The molecule has 0 spiro atoms. The summed E-state index contributed by atoms with van der Waals surface area (Å²) in [5, 5.41) is 11.7. The number of carboxylic acid groups (broad SMARTS) is 1. The molecule has 1 aromatic carbocycles. The van der Waals surface area contributed by atoms with Crippen molar-refractivity contribution in [3.8, 4) is 0 Å². The molecule has 5 heteroatoms. The van der Waals surface area contributed by atoms with Gasteiger partial charge in [0, 0.05) is 19.5 Å². The van der Waals surface area contributed by atoms with Crippen molar-refractivity contribution < 1.29 is 14.7 Å². The molecular weight excluding hydrogens is 244 g/mol. The third kappa shape index (κ3) is 3.05. The fourth-order valence-corrected chi connectivity index (χ4v) is 2.20. The lowest BCUT2D eigenvalue weighted by Crippen LogP contribution is -2.27. The number of carbonyl (C=O) groups is 2. The molecule has 0 aromatic heterocycles. The molecule has 2 N–H and O–H groups in total. The average Bonchev–Trinajstić information content (AvgIpc) is 2.47. The first kappa shape index (κ1) is 13.4. The van der Waals surface area contributed by atoms with Crippen molar-refractivity contribution >= 4 is 23.3 Å². The molecule has 5 nitrogen and oxygen atoms in total. The van der Waals surface area contributed by atoms with Crippen LogP contribution < -0.4 is 10.2 Å². The van der Waals surface area contributed by atoms with Crippen LogP contribution >= 0.6 is 0 Å². The van der Waals surface area contributed by atoms with Gasteiger partial charge in [-0.2, -0.15) is 0 Å². The zero-order valence-electron chi connectivity index (χ0n) is 11.2. The molecule has 1 amide bonds. The number of carboxylic acids is 1. The number of hydrogen-bond donors (Lipinski definition) is 2. The standard InChI is InChI=1S/C14H18N2O3/c1-9-7-11-12(8-10(9)2)16(6-4-14(18)19)5-3-13(17)15-11/h7-8H,3-6H2,1-2H3,(H,15,17)(H,18,19). The summed E-state index contributed by atoms with van der Waals surface area (Å²) in [5.74, 6) is -0.851. The Morgan fingerprint density at radius 3 is 2.74 bits per heavy atom. The van der Waals surface area contributed by atoms with Gasteiger partial charge in [0.25, 0.3) is 0 Å². The van der Waals surface area contributed by atoms with E-state index in [1.54, 1.807) is 0 Å². The quantitative estimate of drug-likeness (QED) is 0.873. The smallest absolute Gasteiger partial charge is 0.305 e. The van der Waals surface area contributed by atoms with E-state index < -0.39 is 5.97 Å². The first-order valence-electron chi connectivity index (χ1n) is 6.35. The SMILES string of the molecule is Cc1cc2c(cc1C)N(CCC(=O)O)CCC(=O)N2. The van der Waals surface area contributed by atoms with Crippen LogP contribution in [0, 0.1) is 13.8 Å². The van der Waals surface area contributed by atoms with Crippen molar-refractivity contribution in [2.24, 2.45) is 0 Å². The van der Waals surface area contributed by atoms with E-state index in [0.29, 0.717) is 19.5 Å². The van der Waals surface area contributed by atoms with Crippen LogP contribution in [0.1, 0.15) is 24.0 Å². The highest BCUT2D eigenvalue weighted by Gasteiger charge is 2.20. The van der Waals surface area contributed by atoms with Gasteiger partial charge in [0.2, 0.25) is 5.91 Å². The normalized spacial score (nSPS) is 14.6. The highest BCUT2D eigenvalue weighted by Crippen LogP contribution is 2.31. The van der Waals surface area contributed by atoms with Gasteiger partial charge in [0.15, 0.2) is 0 Å². The van der Waals surface area contributed by atoms with Crippen LogP contribution in [0.5, 0.6) is 0 Å². The van der Waals surface area contributed by atoms with E-state index in [4.69, 9.17) is 5.11 Å². The lowest BCUT2D eigenvalue weighted by Gasteiger charge is -2.24. The minimum absolute atomic E-state index is 0.0256. The average molecular weight is 262 g/mol. The van der Waals surface area contributed by atoms with E-state index in [1.807, 2.05) is 30.9 Å².